The zero-order valence-corrected chi connectivity index (χ0v) is 9.61. The number of benzene rings is 2. The van der Waals surface area contributed by atoms with E-state index in [-0.39, 0.29) is 0 Å². The zero-order chi connectivity index (χ0) is 11.4. The van der Waals surface area contributed by atoms with Gasteiger partial charge in [0.2, 0.25) is 0 Å². The van der Waals surface area contributed by atoms with Crippen LogP contribution in [0.3, 0.4) is 0 Å². The predicted octanol–water partition coefficient (Wildman–Crippen LogP) is 4.56. The molecule has 0 saturated carbocycles. The molecule has 0 N–H and O–H groups in total. The Kier molecular flexibility index (Phi) is 3.21. The highest BCUT2D eigenvalue weighted by Gasteiger charge is 2.03. The summed E-state index contributed by atoms with van der Waals surface area (Å²) in [7, 11) is 0. The van der Waals surface area contributed by atoms with E-state index in [0.717, 1.165) is 6.42 Å². The summed E-state index contributed by atoms with van der Waals surface area (Å²) < 4.78 is 0. The molecule has 2 aromatic carbocycles. The summed E-state index contributed by atoms with van der Waals surface area (Å²) in [5, 5.41) is 0. The molecule has 0 aliphatic carbocycles. The minimum absolute atomic E-state index is 1.05. The first-order valence-corrected chi connectivity index (χ1v) is 5.66. The fourth-order valence-corrected chi connectivity index (χ4v) is 1.93. The maximum atomic E-state index is 3.81. The van der Waals surface area contributed by atoms with Gasteiger partial charge in [0.1, 0.15) is 0 Å². The van der Waals surface area contributed by atoms with E-state index in [1.807, 2.05) is 12.1 Å². The molecule has 0 nitrogen and oxygen atoms in total. The number of rotatable bonds is 3. The lowest BCUT2D eigenvalue weighted by atomic mass is 9.96. The Labute approximate surface area is 97.3 Å². The molecule has 0 aliphatic rings. The van der Waals surface area contributed by atoms with Gasteiger partial charge in [-0.15, -0.1) is 0 Å². The van der Waals surface area contributed by atoms with Crippen LogP contribution in [-0.4, -0.2) is 0 Å². The molecular formula is C16H16. The average molecular weight is 208 g/mol. The molecule has 2 aromatic rings. The predicted molar refractivity (Wildman–Crippen MR) is 71.3 cm³/mol. The van der Waals surface area contributed by atoms with Crippen molar-refractivity contribution in [2.75, 3.05) is 0 Å². The summed E-state index contributed by atoms with van der Waals surface area (Å²) in [5.74, 6) is 0. The highest BCUT2D eigenvalue weighted by Crippen LogP contribution is 2.25. The number of hydrogen-bond acceptors (Lipinski definition) is 0. The van der Waals surface area contributed by atoms with Crippen LogP contribution >= 0.6 is 0 Å². The normalized spacial score (nSPS) is 10.1. The molecule has 0 saturated heterocycles. The summed E-state index contributed by atoms with van der Waals surface area (Å²) in [6.07, 6.45) is 2.94. The highest BCUT2D eigenvalue weighted by atomic mass is 14.1. The molecule has 0 atom stereocenters. The fraction of sp³-hybridized carbons (Fsp3) is 0.125. The van der Waals surface area contributed by atoms with Gasteiger partial charge in [-0.25, -0.2) is 0 Å². The van der Waals surface area contributed by atoms with Crippen LogP contribution in [-0.2, 0) is 6.42 Å². The molecule has 0 heteroatoms. The molecule has 0 amide bonds. The molecule has 0 aliphatic heterocycles. The van der Waals surface area contributed by atoms with Crippen LogP contribution in [0.2, 0.25) is 0 Å². The Morgan fingerprint density at radius 3 is 2.44 bits per heavy atom. The molecule has 0 radical (unpaired) electrons. The topological polar surface area (TPSA) is 0 Å². The maximum absolute atomic E-state index is 3.81. The van der Waals surface area contributed by atoms with Crippen molar-refractivity contribution in [3.63, 3.8) is 0 Å². The lowest BCUT2D eigenvalue weighted by Crippen LogP contribution is -1.88. The molecular weight excluding hydrogens is 192 g/mol. The van der Waals surface area contributed by atoms with Crippen LogP contribution in [0.15, 0.2) is 55.1 Å². The summed E-state index contributed by atoms with van der Waals surface area (Å²) in [6, 6.07) is 17.0. The quantitative estimate of drug-likeness (QED) is 0.693. The summed E-state index contributed by atoms with van der Waals surface area (Å²) in [6.45, 7) is 6.00. The van der Waals surface area contributed by atoms with E-state index < -0.39 is 0 Å². The van der Waals surface area contributed by atoms with Gasteiger partial charge in [-0.3, -0.25) is 0 Å². The van der Waals surface area contributed by atoms with Crippen LogP contribution in [0.5, 0.6) is 0 Å². The van der Waals surface area contributed by atoms with Gasteiger partial charge in [0.15, 0.2) is 0 Å². The first-order chi connectivity index (χ1) is 7.85. The van der Waals surface area contributed by atoms with Crippen molar-refractivity contribution in [1.29, 1.82) is 0 Å². The third-order valence-corrected chi connectivity index (χ3v) is 2.83. The van der Waals surface area contributed by atoms with Crippen molar-refractivity contribution in [3.8, 4) is 11.1 Å². The highest BCUT2D eigenvalue weighted by molar-refractivity contribution is 5.69. The molecule has 2 rings (SSSR count). The first-order valence-electron chi connectivity index (χ1n) is 5.66. The first kappa shape index (κ1) is 10.7. The van der Waals surface area contributed by atoms with Crippen molar-refractivity contribution in [3.05, 3.63) is 66.2 Å². The summed E-state index contributed by atoms with van der Waals surface area (Å²) in [4.78, 5) is 0. The Morgan fingerprint density at radius 1 is 1.06 bits per heavy atom. The molecule has 16 heavy (non-hydrogen) atoms. The van der Waals surface area contributed by atoms with Crippen LogP contribution in [0.4, 0.5) is 0 Å². The van der Waals surface area contributed by atoms with Crippen molar-refractivity contribution in [2.24, 2.45) is 0 Å². The van der Waals surface area contributed by atoms with E-state index in [2.05, 4.69) is 56.0 Å². The average Bonchev–Trinajstić information content (AvgIpc) is 2.39. The summed E-state index contributed by atoms with van der Waals surface area (Å²) in [5.41, 5.74) is 5.18. The largest absolute Gasteiger partial charge is 0.0985 e. The number of hydrogen-bond donors (Lipinski definition) is 0. The Hall–Kier alpha value is -1.82. The molecule has 0 unspecified atom stereocenters. The SMILES string of the molecule is C=Cc1ccc(-c2ccccc2)c(CC)c1. The molecule has 0 spiro atoms. The van der Waals surface area contributed by atoms with Crippen molar-refractivity contribution in [2.45, 2.75) is 13.3 Å². The van der Waals surface area contributed by atoms with Crippen LogP contribution in [0.25, 0.3) is 17.2 Å². The monoisotopic (exact) mass is 208 g/mol. The Balaban J connectivity index is 2.53. The van der Waals surface area contributed by atoms with Gasteiger partial charge in [-0.05, 0) is 28.7 Å². The van der Waals surface area contributed by atoms with Crippen molar-refractivity contribution < 1.29 is 0 Å². The van der Waals surface area contributed by atoms with E-state index >= 15 is 0 Å². The third kappa shape index (κ3) is 2.06. The fourth-order valence-electron chi connectivity index (χ4n) is 1.93. The van der Waals surface area contributed by atoms with Gasteiger partial charge in [-0.2, -0.15) is 0 Å². The summed E-state index contributed by atoms with van der Waals surface area (Å²) >= 11 is 0. The zero-order valence-electron chi connectivity index (χ0n) is 9.61. The van der Waals surface area contributed by atoms with Gasteiger partial charge in [0, 0.05) is 0 Å². The van der Waals surface area contributed by atoms with Crippen LogP contribution in [0.1, 0.15) is 18.1 Å². The lowest BCUT2D eigenvalue weighted by Gasteiger charge is -2.09. The second-order valence-electron chi connectivity index (χ2n) is 3.84. The van der Waals surface area contributed by atoms with E-state index in [0.29, 0.717) is 0 Å². The Morgan fingerprint density at radius 2 is 1.81 bits per heavy atom. The maximum Gasteiger partial charge on any atom is -0.0152 e. The third-order valence-electron chi connectivity index (χ3n) is 2.83. The van der Waals surface area contributed by atoms with Gasteiger partial charge in [0.25, 0.3) is 0 Å². The standard InChI is InChI=1S/C16H16/c1-3-13-10-11-16(14(4-2)12-13)15-8-6-5-7-9-15/h3,5-12H,1,4H2,2H3. The molecule has 0 bridgehead atoms. The van der Waals surface area contributed by atoms with Crippen molar-refractivity contribution >= 4 is 6.08 Å². The van der Waals surface area contributed by atoms with Crippen LogP contribution in [0, 0.1) is 0 Å². The van der Waals surface area contributed by atoms with E-state index in [1.54, 1.807) is 0 Å². The Bertz CT molecular complexity index is 481. The molecule has 0 heterocycles. The van der Waals surface area contributed by atoms with Crippen LogP contribution < -0.4 is 0 Å². The molecule has 0 fully saturated rings. The molecule has 0 aromatic heterocycles. The minimum atomic E-state index is 1.05. The van der Waals surface area contributed by atoms with Gasteiger partial charge >= 0.3 is 0 Å². The second kappa shape index (κ2) is 4.80. The smallest absolute Gasteiger partial charge is 0.0152 e. The van der Waals surface area contributed by atoms with E-state index in [1.165, 1.54) is 22.3 Å². The van der Waals surface area contributed by atoms with Gasteiger partial charge in [-0.1, -0.05) is 68.1 Å². The molecule has 80 valence electrons. The lowest BCUT2D eigenvalue weighted by molar-refractivity contribution is 1.14. The van der Waals surface area contributed by atoms with E-state index in [4.69, 9.17) is 0 Å². The second-order valence-corrected chi connectivity index (χ2v) is 3.84. The number of aryl methyl sites for hydroxylation is 1. The van der Waals surface area contributed by atoms with Crippen molar-refractivity contribution in [1.82, 2.24) is 0 Å². The minimum Gasteiger partial charge on any atom is -0.0985 e. The van der Waals surface area contributed by atoms with E-state index in [9.17, 15) is 0 Å². The van der Waals surface area contributed by atoms with Gasteiger partial charge < -0.3 is 0 Å². The van der Waals surface area contributed by atoms with Gasteiger partial charge in [0.05, 0.1) is 0 Å².